The fourth-order valence-electron chi connectivity index (χ4n) is 5.05. The van der Waals surface area contributed by atoms with Gasteiger partial charge in [-0.15, -0.1) is 0 Å². The van der Waals surface area contributed by atoms with Crippen molar-refractivity contribution in [1.29, 1.82) is 0 Å². The molecule has 0 aliphatic carbocycles. The predicted octanol–water partition coefficient (Wildman–Crippen LogP) is 6.93. The molecule has 4 rings (SSSR count). The van der Waals surface area contributed by atoms with Crippen molar-refractivity contribution in [1.82, 2.24) is 0 Å². The van der Waals surface area contributed by atoms with Gasteiger partial charge in [0.1, 0.15) is 0 Å². The molecule has 1 heterocycles. The zero-order chi connectivity index (χ0) is 22.8. The van der Waals surface area contributed by atoms with Crippen LogP contribution in [0.1, 0.15) is 44.9 Å². The molecule has 1 aliphatic rings. The summed E-state index contributed by atoms with van der Waals surface area (Å²) in [5, 5.41) is 1.49. The van der Waals surface area contributed by atoms with E-state index in [1.54, 1.807) is 0 Å². The van der Waals surface area contributed by atoms with Gasteiger partial charge >= 0.3 is 208 Å². The Balaban J connectivity index is 1.48. The third kappa shape index (κ3) is 5.60. The first kappa shape index (κ1) is 24.6. The van der Waals surface area contributed by atoms with E-state index in [1.807, 2.05) is 0 Å². The van der Waals surface area contributed by atoms with E-state index < -0.39 is 5.31 Å². The van der Waals surface area contributed by atoms with Crippen LogP contribution in [0.15, 0.2) is 91.0 Å². The molecule has 0 unspecified atom stereocenters. The topological polar surface area (TPSA) is 18.5 Å². The van der Waals surface area contributed by atoms with Crippen molar-refractivity contribution in [2.45, 2.75) is 51.2 Å². The number of hydrogen-bond donors (Lipinski definition) is 0. The second kappa shape index (κ2) is 11.8. The Bertz CT molecular complexity index is 859. The van der Waals surface area contributed by atoms with Crippen LogP contribution < -0.4 is 15.9 Å². The zero-order valence-corrected chi connectivity index (χ0v) is 21.9. The van der Waals surface area contributed by atoms with Crippen LogP contribution >= 0.6 is 20.8 Å². The summed E-state index contributed by atoms with van der Waals surface area (Å²) in [7, 11) is 0. The fourth-order valence-corrected chi connectivity index (χ4v) is 12.8. The van der Waals surface area contributed by atoms with E-state index >= 15 is 0 Å². The second-order valence-electron chi connectivity index (χ2n) is 8.99. The van der Waals surface area contributed by atoms with Crippen LogP contribution in [0.5, 0.6) is 0 Å². The van der Waals surface area contributed by atoms with Crippen molar-refractivity contribution in [3.63, 3.8) is 0 Å². The molecule has 0 N–H and O–H groups in total. The predicted molar refractivity (Wildman–Crippen MR) is 147 cm³/mol. The van der Waals surface area contributed by atoms with Gasteiger partial charge < -0.3 is 0 Å². The molecule has 1 saturated heterocycles. The standard InChI is InChI=1S/C29H36BrO2P/c30-33(26-16-8-5-9-17-26,27-18-10-6-11-19-27,28-20-12-7-13-21-28)25-15-4-2-1-3-14-22-29-31-23-24-32-29/h5-13,16-21,29H,1-4,14-15,22-25H2. The average Bonchev–Trinajstić information content (AvgIpc) is 3.41. The normalized spacial score (nSPS) is 15.8. The zero-order valence-electron chi connectivity index (χ0n) is 19.5. The number of ether oxygens (including phenoxy) is 2. The maximum absolute atomic E-state index is 5.55. The van der Waals surface area contributed by atoms with Gasteiger partial charge in [0.05, 0.1) is 0 Å². The van der Waals surface area contributed by atoms with Gasteiger partial charge in [-0.25, -0.2) is 0 Å². The minimum atomic E-state index is -2.75. The number of benzene rings is 3. The molecule has 33 heavy (non-hydrogen) atoms. The summed E-state index contributed by atoms with van der Waals surface area (Å²) in [5.41, 5.74) is 0. The summed E-state index contributed by atoms with van der Waals surface area (Å²) in [5.74, 6) is 0. The van der Waals surface area contributed by atoms with Gasteiger partial charge in [-0.2, -0.15) is 0 Å². The van der Waals surface area contributed by atoms with E-state index in [4.69, 9.17) is 9.47 Å². The maximum atomic E-state index is 5.55. The molecule has 4 heteroatoms. The van der Waals surface area contributed by atoms with Crippen LogP contribution in [0.2, 0.25) is 0 Å². The minimum absolute atomic E-state index is 0.0483. The van der Waals surface area contributed by atoms with Crippen molar-refractivity contribution in [3.8, 4) is 0 Å². The Kier molecular flexibility index (Phi) is 8.77. The molecule has 0 spiro atoms. The van der Waals surface area contributed by atoms with Crippen molar-refractivity contribution in [3.05, 3.63) is 91.0 Å². The number of halogens is 1. The van der Waals surface area contributed by atoms with Crippen LogP contribution in [0.3, 0.4) is 0 Å². The molecule has 2 nitrogen and oxygen atoms in total. The number of hydrogen-bond acceptors (Lipinski definition) is 2. The van der Waals surface area contributed by atoms with Gasteiger partial charge in [0.15, 0.2) is 0 Å². The van der Waals surface area contributed by atoms with Gasteiger partial charge in [-0.1, -0.05) is 0 Å². The first-order valence-electron chi connectivity index (χ1n) is 12.3. The van der Waals surface area contributed by atoms with Gasteiger partial charge in [0, 0.05) is 0 Å². The summed E-state index contributed by atoms with van der Waals surface area (Å²) in [4.78, 5) is 0. The van der Waals surface area contributed by atoms with Crippen LogP contribution in [-0.2, 0) is 9.47 Å². The Morgan fingerprint density at radius 2 is 0.970 bits per heavy atom. The van der Waals surface area contributed by atoms with Crippen molar-refractivity contribution >= 4 is 36.7 Å². The van der Waals surface area contributed by atoms with E-state index in [0.29, 0.717) is 0 Å². The molecule has 3 aromatic carbocycles. The summed E-state index contributed by atoms with van der Waals surface area (Å²) in [6.07, 6.45) is 9.70. The van der Waals surface area contributed by atoms with Crippen LogP contribution in [-0.4, -0.2) is 25.7 Å². The molecule has 3 aromatic rings. The Morgan fingerprint density at radius 1 is 0.576 bits per heavy atom. The first-order chi connectivity index (χ1) is 16.2. The Labute approximate surface area is 207 Å². The Hall–Kier alpha value is -1.51. The van der Waals surface area contributed by atoms with Gasteiger partial charge in [-0.05, 0) is 0 Å². The first-order valence-corrected chi connectivity index (χ1v) is 16.8. The molecule has 0 amide bonds. The van der Waals surface area contributed by atoms with E-state index in [0.717, 1.165) is 25.8 Å². The van der Waals surface area contributed by atoms with E-state index in [-0.39, 0.29) is 6.29 Å². The number of rotatable bonds is 12. The summed E-state index contributed by atoms with van der Waals surface area (Å²) in [6.45, 7) is 1.51. The summed E-state index contributed by atoms with van der Waals surface area (Å²) in [6, 6.07) is 33.4. The summed E-state index contributed by atoms with van der Waals surface area (Å²) < 4.78 is 11.1. The van der Waals surface area contributed by atoms with Crippen molar-refractivity contribution < 1.29 is 9.47 Å². The fraction of sp³-hybridized carbons (Fsp3) is 0.379. The van der Waals surface area contributed by atoms with Crippen LogP contribution in [0, 0.1) is 0 Å². The molecular formula is C29H36BrO2P. The molecular weight excluding hydrogens is 491 g/mol. The summed E-state index contributed by atoms with van der Waals surface area (Å²) >= 11 is 4.55. The van der Waals surface area contributed by atoms with Gasteiger partial charge in [0.2, 0.25) is 0 Å². The molecule has 1 fully saturated rings. The quantitative estimate of drug-likeness (QED) is 0.188. The van der Waals surface area contributed by atoms with Crippen molar-refractivity contribution in [2.75, 3.05) is 19.4 Å². The second-order valence-corrected chi connectivity index (χ2v) is 18.1. The van der Waals surface area contributed by atoms with Crippen LogP contribution in [0.4, 0.5) is 0 Å². The van der Waals surface area contributed by atoms with E-state index in [2.05, 4.69) is 106 Å². The number of unbranched alkanes of at least 4 members (excludes halogenated alkanes) is 5. The average molecular weight is 527 g/mol. The SMILES string of the molecule is BrP(CCCCCCCCC1OCCO1)(c1ccccc1)(c1ccccc1)c1ccccc1. The third-order valence-corrected chi connectivity index (χ3v) is 16.9. The molecule has 0 atom stereocenters. The van der Waals surface area contributed by atoms with Gasteiger partial charge in [0.25, 0.3) is 0 Å². The van der Waals surface area contributed by atoms with E-state index in [1.165, 1.54) is 54.4 Å². The molecule has 176 valence electrons. The monoisotopic (exact) mass is 526 g/mol. The molecule has 0 saturated carbocycles. The van der Waals surface area contributed by atoms with Crippen LogP contribution in [0.25, 0.3) is 0 Å². The molecule has 1 aliphatic heterocycles. The molecule has 0 aromatic heterocycles. The molecule has 0 radical (unpaired) electrons. The molecule has 0 bridgehead atoms. The Morgan fingerprint density at radius 3 is 1.42 bits per heavy atom. The van der Waals surface area contributed by atoms with E-state index in [9.17, 15) is 0 Å². The van der Waals surface area contributed by atoms with Gasteiger partial charge in [-0.3, -0.25) is 0 Å². The third-order valence-electron chi connectivity index (χ3n) is 6.84. The van der Waals surface area contributed by atoms with Crippen molar-refractivity contribution in [2.24, 2.45) is 0 Å².